The Labute approximate surface area is 87.7 Å². The summed E-state index contributed by atoms with van der Waals surface area (Å²) in [5, 5.41) is 0. The van der Waals surface area contributed by atoms with E-state index < -0.39 is 0 Å². The van der Waals surface area contributed by atoms with E-state index in [2.05, 4.69) is 18.7 Å². The van der Waals surface area contributed by atoms with E-state index in [1.165, 1.54) is 25.7 Å². The Morgan fingerprint density at radius 1 is 1.21 bits per heavy atom. The van der Waals surface area contributed by atoms with E-state index in [0.29, 0.717) is 17.7 Å². The van der Waals surface area contributed by atoms with Crippen molar-refractivity contribution in [1.29, 1.82) is 0 Å². The van der Waals surface area contributed by atoms with Crippen molar-refractivity contribution in [2.24, 2.45) is 5.41 Å². The van der Waals surface area contributed by atoms with Gasteiger partial charge in [-0.15, -0.1) is 0 Å². The molecule has 0 aromatic rings. The van der Waals surface area contributed by atoms with Crippen molar-refractivity contribution in [3.63, 3.8) is 0 Å². The maximum absolute atomic E-state index is 11.0. The van der Waals surface area contributed by atoms with Crippen LogP contribution in [-0.2, 0) is 4.79 Å². The van der Waals surface area contributed by atoms with E-state index >= 15 is 0 Å². The van der Waals surface area contributed by atoms with Crippen LogP contribution in [0.4, 0.5) is 0 Å². The summed E-state index contributed by atoms with van der Waals surface area (Å²) in [5.41, 5.74) is 0.577. The van der Waals surface area contributed by atoms with E-state index in [0.717, 1.165) is 13.1 Å². The number of hydrogen-bond acceptors (Lipinski definition) is 2. The van der Waals surface area contributed by atoms with Crippen LogP contribution in [-0.4, -0.2) is 30.3 Å². The Morgan fingerprint density at radius 2 is 1.71 bits per heavy atom. The molecule has 1 aliphatic rings. The lowest BCUT2D eigenvalue weighted by atomic mass is 9.74. The number of piperidine rings is 1. The molecule has 0 bridgehead atoms. The van der Waals surface area contributed by atoms with Crippen LogP contribution in [0.5, 0.6) is 0 Å². The Kier molecular flexibility index (Phi) is 4.11. The predicted octanol–water partition coefficient (Wildman–Crippen LogP) is 2.48. The van der Waals surface area contributed by atoms with Crippen LogP contribution in [0.2, 0.25) is 0 Å². The van der Waals surface area contributed by atoms with Gasteiger partial charge in [0.1, 0.15) is 5.78 Å². The van der Waals surface area contributed by atoms with Crippen LogP contribution in [0.15, 0.2) is 0 Å². The number of hydrogen-bond donors (Lipinski definition) is 0. The predicted molar refractivity (Wildman–Crippen MR) is 59.4 cm³/mol. The first-order valence-electron chi connectivity index (χ1n) is 5.83. The van der Waals surface area contributed by atoms with Gasteiger partial charge in [0.25, 0.3) is 0 Å². The summed E-state index contributed by atoms with van der Waals surface area (Å²) < 4.78 is 0. The van der Waals surface area contributed by atoms with Gasteiger partial charge >= 0.3 is 0 Å². The van der Waals surface area contributed by atoms with E-state index in [4.69, 9.17) is 0 Å². The lowest BCUT2D eigenvalue weighted by Gasteiger charge is -2.40. The van der Waals surface area contributed by atoms with Gasteiger partial charge in [-0.1, -0.05) is 26.7 Å². The second kappa shape index (κ2) is 4.92. The zero-order valence-corrected chi connectivity index (χ0v) is 9.81. The number of rotatable bonds is 4. The maximum Gasteiger partial charge on any atom is 0.143 e. The van der Waals surface area contributed by atoms with E-state index in [9.17, 15) is 4.79 Å². The maximum atomic E-state index is 11.0. The topological polar surface area (TPSA) is 20.3 Å². The molecule has 0 aromatic carbocycles. The van der Waals surface area contributed by atoms with Crippen molar-refractivity contribution in [2.45, 2.75) is 46.5 Å². The van der Waals surface area contributed by atoms with E-state index in [1.807, 2.05) is 0 Å². The van der Waals surface area contributed by atoms with Gasteiger partial charge in [-0.05, 0) is 38.3 Å². The zero-order chi connectivity index (χ0) is 10.6. The van der Waals surface area contributed by atoms with Crippen molar-refractivity contribution >= 4 is 5.78 Å². The van der Waals surface area contributed by atoms with Crippen LogP contribution in [0.3, 0.4) is 0 Å². The second-order valence-electron chi connectivity index (χ2n) is 4.69. The largest absolute Gasteiger partial charge is 0.299 e. The molecular formula is C12H23NO. The highest BCUT2D eigenvalue weighted by Gasteiger charge is 2.31. The summed E-state index contributed by atoms with van der Waals surface area (Å²) in [4.78, 5) is 13.3. The SMILES string of the molecule is CCC1(CC)CCN(CC(C)=O)CC1. The standard InChI is InChI=1S/C12H23NO/c1-4-12(5-2)6-8-13(9-7-12)10-11(3)14/h4-10H2,1-3H3. The molecule has 1 heterocycles. The van der Waals surface area contributed by atoms with Crippen LogP contribution in [0.1, 0.15) is 46.5 Å². The third kappa shape index (κ3) is 2.81. The smallest absolute Gasteiger partial charge is 0.143 e. The number of nitrogens with zero attached hydrogens (tertiary/aromatic N) is 1. The molecule has 1 aliphatic heterocycles. The Balaban J connectivity index is 2.40. The van der Waals surface area contributed by atoms with Crippen molar-refractivity contribution in [3.8, 4) is 0 Å². The van der Waals surface area contributed by atoms with Gasteiger partial charge in [0.2, 0.25) is 0 Å². The summed E-state index contributed by atoms with van der Waals surface area (Å²) >= 11 is 0. The molecule has 0 aliphatic carbocycles. The third-order valence-corrected chi connectivity index (χ3v) is 3.86. The molecule has 0 spiro atoms. The second-order valence-corrected chi connectivity index (χ2v) is 4.69. The molecule has 0 N–H and O–H groups in total. The van der Waals surface area contributed by atoms with Gasteiger partial charge in [0.15, 0.2) is 0 Å². The summed E-state index contributed by atoms with van der Waals surface area (Å²) in [6.45, 7) is 9.15. The first-order chi connectivity index (χ1) is 6.62. The van der Waals surface area contributed by atoms with Crippen molar-refractivity contribution < 1.29 is 4.79 Å². The van der Waals surface area contributed by atoms with Gasteiger partial charge in [-0.3, -0.25) is 9.69 Å². The molecule has 0 atom stereocenters. The summed E-state index contributed by atoms with van der Waals surface area (Å²) in [6, 6.07) is 0. The first-order valence-corrected chi connectivity index (χ1v) is 5.83. The molecule has 14 heavy (non-hydrogen) atoms. The van der Waals surface area contributed by atoms with E-state index in [-0.39, 0.29) is 0 Å². The van der Waals surface area contributed by atoms with Gasteiger partial charge in [0, 0.05) is 0 Å². The van der Waals surface area contributed by atoms with Crippen molar-refractivity contribution in [2.75, 3.05) is 19.6 Å². The average molecular weight is 197 g/mol. The van der Waals surface area contributed by atoms with Crippen LogP contribution in [0, 0.1) is 5.41 Å². The molecule has 82 valence electrons. The Hall–Kier alpha value is -0.370. The fourth-order valence-electron chi connectivity index (χ4n) is 2.46. The third-order valence-electron chi connectivity index (χ3n) is 3.86. The van der Waals surface area contributed by atoms with Crippen molar-refractivity contribution in [1.82, 2.24) is 4.90 Å². The fraction of sp³-hybridized carbons (Fsp3) is 0.917. The minimum atomic E-state index is 0.297. The van der Waals surface area contributed by atoms with Gasteiger partial charge in [-0.2, -0.15) is 0 Å². The number of likely N-dealkylation sites (tertiary alicyclic amines) is 1. The van der Waals surface area contributed by atoms with E-state index in [1.54, 1.807) is 6.92 Å². The van der Waals surface area contributed by atoms with Crippen LogP contribution in [0.25, 0.3) is 0 Å². The number of carbonyl (C=O) groups excluding carboxylic acids is 1. The minimum absolute atomic E-state index is 0.297. The van der Waals surface area contributed by atoms with Crippen molar-refractivity contribution in [3.05, 3.63) is 0 Å². The molecule has 2 nitrogen and oxygen atoms in total. The molecule has 0 radical (unpaired) electrons. The molecule has 1 rings (SSSR count). The molecule has 2 heteroatoms. The van der Waals surface area contributed by atoms with Crippen LogP contribution >= 0.6 is 0 Å². The van der Waals surface area contributed by atoms with Gasteiger partial charge in [0.05, 0.1) is 6.54 Å². The molecule has 0 saturated carbocycles. The fourth-order valence-corrected chi connectivity index (χ4v) is 2.46. The summed E-state index contributed by atoms with van der Waals surface area (Å²) in [6.07, 6.45) is 5.12. The molecule has 0 unspecified atom stereocenters. The molecular weight excluding hydrogens is 174 g/mol. The molecule has 0 aromatic heterocycles. The Bertz CT molecular complexity index is 186. The lowest BCUT2D eigenvalue weighted by Crippen LogP contribution is -2.41. The molecule has 0 amide bonds. The number of ketones is 1. The van der Waals surface area contributed by atoms with Gasteiger partial charge in [-0.25, -0.2) is 0 Å². The number of carbonyl (C=O) groups is 1. The normalized spacial score (nSPS) is 22.2. The quantitative estimate of drug-likeness (QED) is 0.690. The lowest BCUT2D eigenvalue weighted by molar-refractivity contribution is -0.118. The monoisotopic (exact) mass is 197 g/mol. The number of Topliss-reactive ketones (excluding diaryl/α,β-unsaturated/α-hetero) is 1. The average Bonchev–Trinajstić information content (AvgIpc) is 2.19. The van der Waals surface area contributed by atoms with Crippen LogP contribution < -0.4 is 0 Å². The minimum Gasteiger partial charge on any atom is -0.299 e. The summed E-state index contributed by atoms with van der Waals surface area (Å²) in [5.74, 6) is 0.297. The molecule has 1 fully saturated rings. The van der Waals surface area contributed by atoms with Gasteiger partial charge < -0.3 is 0 Å². The Morgan fingerprint density at radius 3 is 2.07 bits per heavy atom. The zero-order valence-electron chi connectivity index (χ0n) is 9.81. The highest BCUT2D eigenvalue weighted by atomic mass is 16.1. The summed E-state index contributed by atoms with van der Waals surface area (Å²) in [7, 11) is 0. The highest BCUT2D eigenvalue weighted by Crippen LogP contribution is 2.37. The highest BCUT2D eigenvalue weighted by molar-refractivity contribution is 5.77. The first kappa shape index (κ1) is 11.7. The molecule has 1 saturated heterocycles.